The van der Waals surface area contributed by atoms with Crippen molar-refractivity contribution >= 4 is 11.9 Å². The highest BCUT2D eigenvalue weighted by molar-refractivity contribution is 5.86. The number of carbonyl (C=O) groups is 2. The highest BCUT2D eigenvalue weighted by Crippen LogP contribution is 2.29. The van der Waals surface area contributed by atoms with Gasteiger partial charge in [0.2, 0.25) is 5.91 Å². The van der Waals surface area contributed by atoms with Crippen LogP contribution in [0.3, 0.4) is 0 Å². The van der Waals surface area contributed by atoms with Crippen LogP contribution >= 0.6 is 0 Å². The first-order valence-corrected chi connectivity index (χ1v) is 7.08. The minimum absolute atomic E-state index is 0.0471. The predicted octanol–water partition coefficient (Wildman–Crippen LogP) is 0.373. The van der Waals surface area contributed by atoms with Gasteiger partial charge in [-0.25, -0.2) is 0 Å². The molecule has 1 saturated heterocycles. The summed E-state index contributed by atoms with van der Waals surface area (Å²) in [4.78, 5) is 25.0. The number of hydrogen-bond acceptors (Lipinski definition) is 4. The number of aliphatic carboxylic acids is 1. The molecular formula is C14H22N4O3. The van der Waals surface area contributed by atoms with E-state index < -0.39 is 12.0 Å². The van der Waals surface area contributed by atoms with Crippen LogP contribution in [0.4, 0.5) is 0 Å². The van der Waals surface area contributed by atoms with Crippen molar-refractivity contribution < 1.29 is 14.7 Å². The average molecular weight is 294 g/mol. The van der Waals surface area contributed by atoms with Gasteiger partial charge in [0.25, 0.3) is 0 Å². The fourth-order valence-electron chi connectivity index (χ4n) is 3.13. The van der Waals surface area contributed by atoms with Crippen LogP contribution in [0, 0.1) is 13.8 Å². The van der Waals surface area contributed by atoms with Gasteiger partial charge in [0, 0.05) is 37.4 Å². The zero-order chi connectivity index (χ0) is 15.7. The van der Waals surface area contributed by atoms with E-state index in [1.807, 2.05) is 37.4 Å². The van der Waals surface area contributed by atoms with Crippen LogP contribution in [0.5, 0.6) is 0 Å². The second-order valence-corrected chi connectivity index (χ2v) is 5.53. The summed E-state index contributed by atoms with van der Waals surface area (Å²) >= 11 is 0. The second-order valence-electron chi connectivity index (χ2n) is 5.53. The summed E-state index contributed by atoms with van der Waals surface area (Å²) in [5.74, 6) is -1.18. The van der Waals surface area contributed by atoms with Crippen molar-refractivity contribution in [2.24, 2.45) is 7.05 Å². The summed E-state index contributed by atoms with van der Waals surface area (Å²) in [5, 5.41) is 16.2. The molecule has 0 radical (unpaired) electrons. The van der Waals surface area contributed by atoms with Gasteiger partial charge in [-0.05, 0) is 20.8 Å². The highest BCUT2D eigenvalue weighted by atomic mass is 16.4. The summed E-state index contributed by atoms with van der Waals surface area (Å²) in [7, 11) is 1.89. The van der Waals surface area contributed by atoms with E-state index in [2.05, 4.69) is 10.4 Å². The summed E-state index contributed by atoms with van der Waals surface area (Å²) in [6.07, 6.45) is -0.186. The van der Waals surface area contributed by atoms with E-state index in [-0.39, 0.29) is 18.4 Å². The SMILES string of the molecule is Cc1nn(C)c(C)c1C(C)N1CCNC(=O)C1CC(=O)O. The lowest BCUT2D eigenvalue weighted by atomic mass is 9.99. The molecule has 21 heavy (non-hydrogen) atoms. The van der Waals surface area contributed by atoms with Crippen LogP contribution in [0.2, 0.25) is 0 Å². The Morgan fingerprint density at radius 2 is 2.19 bits per heavy atom. The molecule has 0 bridgehead atoms. The van der Waals surface area contributed by atoms with E-state index in [9.17, 15) is 9.59 Å². The van der Waals surface area contributed by atoms with Crippen LogP contribution in [0.25, 0.3) is 0 Å². The predicted molar refractivity (Wildman–Crippen MR) is 76.9 cm³/mol. The fraction of sp³-hybridized carbons (Fsp3) is 0.643. The zero-order valence-electron chi connectivity index (χ0n) is 12.9. The van der Waals surface area contributed by atoms with E-state index >= 15 is 0 Å². The Labute approximate surface area is 123 Å². The quantitative estimate of drug-likeness (QED) is 0.838. The zero-order valence-corrected chi connectivity index (χ0v) is 12.9. The number of rotatable bonds is 4. The molecule has 0 aromatic carbocycles. The van der Waals surface area contributed by atoms with Crippen LogP contribution < -0.4 is 5.32 Å². The van der Waals surface area contributed by atoms with Gasteiger partial charge in [0.05, 0.1) is 12.1 Å². The monoisotopic (exact) mass is 294 g/mol. The van der Waals surface area contributed by atoms with Gasteiger partial charge in [-0.3, -0.25) is 19.2 Å². The van der Waals surface area contributed by atoms with Gasteiger partial charge >= 0.3 is 5.97 Å². The summed E-state index contributed by atoms with van der Waals surface area (Å²) in [6.45, 7) is 7.11. The first-order valence-electron chi connectivity index (χ1n) is 7.08. The van der Waals surface area contributed by atoms with Crippen molar-refractivity contribution in [3.8, 4) is 0 Å². The molecule has 2 rings (SSSR count). The number of aryl methyl sites for hydroxylation is 2. The summed E-state index contributed by atoms with van der Waals surface area (Å²) < 4.78 is 1.82. The molecule has 2 atom stereocenters. The Kier molecular flexibility index (Phi) is 4.32. The van der Waals surface area contributed by atoms with E-state index in [1.54, 1.807) is 0 Å². The van der Waals surface area contributed by atoms with Gasteiger partial charge in [-0.2, -0.15) is 5.10 Å². The van der Waals surface area contributed by atoms with Crippen LogP contribution in [-0.2, 0) is 16.6 Å². The minimum atomic E-state index is -0.964. The molecule has 0 aliphatic carbocycles. The molecule has 0 spiro atoms. The number of piperazine rings is 1. The maximum Gasteiger partial charge on any atom is 0.305 e. The molecular weight excluding hydrogens is 272 g/mol. The van der Waals surface area contributed by atoms with E-state index in [1.165, 1.54) is 0 Å². The van der Waals surface area contributed by atoms with Crippen LogP contribution in [-0.4, -0.2) is 50.8 Å². The number of carboxylic acid groups (broad SMARTS) is 1. The largest absolute Gasteiger partial charge is 0.481 e. The first-order chi connectivity index (χ1) is 9.82. The van der Waals surface area contributed by atoms with Crippen LogP contribution in [0.15, 0.2) is 0 Å². The third-order valence-corrected chi connectivity index (χ3v) is 4.22. The van der Waals surface area contributed by atoms with Crippen molar-refractivity contribution in [1.82, 2.24) is 20.0 Å². The maximum atomic E-state index is 12.0. The van der Waals surface area contributed by atoms with E-state index in [0.717, 1.165) is 17.0 Å². The fourth-order valence-corrected chi connectivity index (χ4v) is 3.13. The smallest absolute Gasteiger partial charge is 0.305 e. The number of aromatic nitrogens is 2. The molecule has 1 aromatic rings. The maximum absolute atomic E-state index is 12.0. The van der Waals surface area contributed by atoms with Gasteiger partial charge < -0.3 is 10.4 Å². The second kappa shape index (κ2) is 5.85. The first kappa shape index (κ1) is 15.5. The molecule has 2 unspecified atom stereocenters. The topological polar surface area (TPSA) is 87.5 Å². The normalized spacial score (nSPS) is 21.1. The number of hydrogen-bond donors (Lipinski definition) is 2. The van der Waals surface area contributed by atoms with E-state index in [0.29, 0.717) is 13.1 Å². The molecule has 0 saturated carbocycles. The molecule has 7 nitrogen and oxygen atoms in total. The molecule has 1 aliphatic heterocycles. The summed E-state index contributed by atoms with van der Waals surface area (Å²) in [5.41, 5.74) is 3.03. The van der Waals surface area contributed by atoms with Crippen molar-refractivity contribution in [1.29, 1.82) is 0 Å². The molecule has 1 aliphatic rings. The Morgan fingerprint density at radius 1 is 1.52 bits per heavy atom. The number of carboxylic acids is 1. The lowest BCUT2D eigenvalue weighted by Crippen LogP contribution is -2.56. The number of nitrogens with one attached hydrogen (secondary N) is 1. The molecule has 7 heteroatoms. The third kappa shape index (κ3) is 2.92. The molecule has 1 amide bonds. The van der Waals surface area contributed by atoms with Crippen molar-refractivity contribution in [3.05, 3.63) is 17.0 Å². The molecule has 116 valence electrons. The van der Waals surface area contributed by atoms with Gasteiger partial charge in [0.15, 0.2) is 0 Å². The van der Waals surface area contributed by atoms with E-state index in [4.69, 9.17) is 5.11 Å². The molecule has 2 heterocycles. The van der Waals surface area contributed by atoms with Crippen molar-refractivity contribution in [3.63, 3.8) is 0 Å². The number of carbonyl (C=O) groups excluding carboxylic acids is 1. The van der Waals surface area contributed by atoms with Gasteiger partial charge in [-0.1, -0.05) is 0 Å². The van der Waals surface area contributed by atoms with Crippen molar-refractivity contribution in [2.45, 2.75) is 39.3 Å². The Balaban J connectivity index is 2.32. The Bertz CT molecular complexity index is 567. The lowest BCUT2D eigenvalue weighted by molar-refractivity contribution is -0.143. The lowest BCUT2D eigenvalue weighted by Gasteiger charge is -2.38. The number of amides is 1. The molecule has 1 aromatic heterocycles. The highest BCUT2D eigenvalue weighted by Gasteiger charge is 2.36. The Morgan fingerprint density at radius 3 is 2.71 bits per heavy atom. The third-order valence-electron chi connectivity index (χ3n) is 4.22. The van der Waals surface area contributed by atoms with Crippen LogP contribution in [0.1, 0.15) is 36.3 Å². The minimum Gasteiger partial charge on any atom is -0.481 e. The van der Waals surface area contributed by atoms with Crippen molar-refractivity contribution in [2.75, 3.05) is 13.1 Å². The number of nitrogens with zero attached hydrogens (tertiary/aromatic N) is 3. The average Bonchev–Trinajstić information content (AvgIpc) is 2.64. The molecule has 2 N–H and O–H groups in total. The van der Waals surface area contributed by atoms with Gasteiger partial charge in [0.1, 0.15) is 6.04 Å². The molecule has 1 fully saturated rings. The van der Waals surface area contributed by atoms with Gasteiger partial charge in [-0.15, -0.1) is 0 Å². The standard InChI is InChI=1S/C14H22N4O3/c1-8-13(9(2)17(4)16-8)10(3)18-6-5-15-14(21)11(18)7-12(19)20/h10-11H,5-7H2,1-4H3,(H,15,21)(H,19,20). The summed E-state index contributed by atoms with van der Waals surface area (Å²) in [6, 6.07) is -0.681. The Hall–Kier alpha value is -1.89.